The van der Waals surface area contributed by atoms with Crippen LogP contribution in [0.15, 0.2) is 0 Å². The van der Waals surface area contributed by atoms with E-state index in [2.05, 4.69) is 11.8 Å². The van der Waals surface area contributed by atoms with Crippen molar-refractivity contribution < 1.29 is 13.2 Å². The normalized spacial score (nSPS) is 20.7. The van der Waals surface area contributed by atoms with Gasteiger partial charge in [0.25, 0.3) is 0 Å². The molecule has 1 amide bonds. The van der Waals surface area contributed by atoms with E-state index in [0.29, 0.717) is 25.7 Å². The molecule has 20 heavy (non-hydrogen) atoms. The first-order chi connectivity index (χ1) is 9.31. The van der Waals surface area contributed by atoms with Gasteiger partial charge in [-0.1, -0.05) is 6.92 Å². The molecule has 0 aromatic carbocycles. The van der Waals surface area contributed by atoms with Crippen LogP contribution in [0, 0.1) is 0 Å². The number of nitrogens with zero attached hydrogens (tertiary/aromatic N) is 2. The first kappa shape index (κ1) is 17.4. The minimum absolute atomic E-state index is 0.279. The van der Waals surface area contributed by atoms with E-state index in [9.17, 15) is 13.2 Å². The molecule has 118 valence electrons. The van der Waals surface area contributed by atoms with Crippen LogP contribution in [0.25, 0.3) is 0 Å². The molecule has 0 spiro atoms. The molecule has 1 saturated heterocycles. The van der Waals surface area contributed by atoms with Gasteiger partial charge in [-0.2, -0.15) is 0 Å². The highest BCUT2D eigenvalue weighted by Crippen LogP contribution is 2.14. The van der Waals surface area contributed by atoms with E-state index in [1.165, 1.54) is 6.92 Å². The molecule has 2 atom stereocenters. The minimum atomic E-state index is -3.32. The van der Waals surface area contributed by atoms with E-state index in [-0.39, 0.29) is 5.91 Å². The number of hydrogen-bond acceptors (Lipinski definition) is 5. The van der Waals surface area contributed by atoms with Gasteiger partial charge in [0.2, 0.25) is 5.91 Å². The van der Waals surface area contributed by atoms with E-state index in [4.69, 9.17) is 5.73 Å². The number of nitrogens with two attached hydrogens (primary N) is 1. The maximum absolute atomic E-state index is 12.1. The van der Waals surface area contributed by atoms with E-state index < -0.39 is 15.1 Å². The highest BCUT2D eigenvalue weighted by Gasteiger charge is 2.31. The number of hydrogen-bond donors (Lipinski definition) is 1. The Hall–Kier alpha value is -0.660. The molecule has 6 nitrogen and oxygen atoms in total. The zero-order valence-electron chi connectivity index (χ0n) is 12.7. The predicted molar refractivity (Wildman–Crippen MR) is 80.2 cm³/mol. The quantitative estimate of drug-likeness (QED) is 0.728. The largest absolute Gasteiger partial charge is 0.339 e. The van der Waals surface area contributed by atoms with E-state index in [0.717, 1.165) is 32.2 Å². The Morgan fingerprint density at radius 2 is 1.80 bits per heavy atom. The third-order valence-electron chi connectivity index (χ3n) is 4.10. The Bertz CT molecular complexity index is 417. The average Bonchev–Trinajstić information content (AvgIpc) is 2.42. The second-order valence-corrected chi connectivity index (χ2v) is 7.84. The van der Waals surface area contributed by atoms with Gasteiger partial charge in [-0.15, -0.1) is 0 Å². The number of sulfone groups is 1. The van der Waals surface area contributed by atoms with Crippen LogP contribution in [0.5, 0.6) is 0 Å². The van der Waals surface area contributed by atoms with Crippen LogP contribution in [0.1, 0.15) is 26.7 Å². The summed E-state index contributed by atoms with van der Waals surface area (Å²) >= 11 is 0. The van der Waals surface area contributed by atoms with Crippen molar-refractivity contribution in [3.8, 4) is 0 Å². The SMILES string of the molecule is CCC(CCN)N1CCN(C(=O)C(C)S(C)(=O)=O)CC1. The fourth-order valence-corrected chi connectivity index (χ4v) is 3.10. The molecule has 0 saturated carbocycles. The highest BCUT2D eigenvalue weighted by atomic mass is 32.2. The lowest BCUT2D eigenvalue weighted by Crippen LogP contribution is -2.54. The van der Waals surface area contributed by atoms with Crippen LogP contribution < -0.4 is 5.73 Å². The summed E-state index contributed by atoms with van der Waals surface area (Å²) in [4.78, 5) is 16.1. The fraction of sp³-hybridized carbons (Fsp3) is 0.923. The zero-order chi connectivity index (χ0) is 15.3. The van der Waals surface area contributed by atoms with Gasteiger partial charge >= 0.3 is 0 Å². The molecule has 2 unspecified atom stereocenters. The van der Waals surface area contributed by atoms with E-state index in [1.807, 2.05) is 0 Å². The van der Waals surface area contributed by atoms with Gasteiger partial charge in [-0.05, 0) is 26.3 Å². The fourth-order valence-electron chi connectivity index (χ4n) is 2.58. The summed E-state index contributed by atoms with van der Waals surface area (Å²) in [6, 6.07) is 0.463. The summed E-state index contributed by atoms with van der Waals surface area (Å²) in [5, 5.41) is -0.944. The van der Waals surface area contributed by atoms with Crippen molar-refractivity contribution in [3.63, 3.8) is 0 Å². The van der Waals surface area contributed by atoms with Crippen LogP contribution in [0.3, 0.4) is 0 Å². The summed E-state index contributed by atoms with van der Waals surface area (Å²) in [6.45, 7) is 7.06. The van der Waals surface area contributed by atoms with Crippen molar-refractivity contribution in [1.82, 2.24) is 9.80 Å². The Balaban J connectivity index is 2.56. The lowest BCUT2D eigenvalue weighted by Gasteiger charge is -2.39. The molecule has 1 heterocycles. The number of rotatable bonds is 6. The van der Waals surface area contributed by atoms with Gasteiger partial charge in [0.05, 0.1) is 0 Å². The molecule has 0 radical (unpaired) electrons. The Kier molecular flexibility index (Phi) is 6.42. The summed E-state index contributed by atoms with van der Waals surface area (Å²) in [7, 11) is -3.32. The lowest BCUT2D eigenvalue weighted by molar-refractivity contribution is -0.132. The Morgan fingerprint density at radius 3 is 2.20 bits per heavy atom. The summed E-state index contributed by atoms with van der Waals surface area (Å²) in [5.41, 5.74) is 5.62. The van der Waals surface area contributed by atoms with Gasteiger partial charge in [-0.3, -0.25) is 9.69 Å². The van der Waals surface area contributed by atoms with Gasteiger partial charge in [0.1, 0.15) is 5.25 Å². The average molecular weight is 305 g/mol. The minimum Gasteiger partial charge on any atom is -0.339 e. The zero-order valence-corrected chi connectivity index (χ0v) is 13.5. The van der Waals surface area contributed by atoms with Crippen LogP contribution in [-0.2, 0) is 14.6 Å². The van der Waals surface area contributed by atoms with Crippen molar-refractivity contribution in [3.05, 3.63) is 0 Å². The van der Waals surface area contributed by atoms with Crippen molar-refractivity contribution in [1.29, 1.82) is 0 Å². The number of amides is 1. The predicted octanol–water partition coefficient (Wildman–Crippen LogP) is -0.309. The number of carbonyl (C=O) groups excluding carboxylic acids is 1. The van der Waals surface area contributed by atoms with Crippen molar-refractivity contribution >= 4 is 15.7 Å². The summed E-state index contributed by atoms with van der Waals surface area (Å²) in [5.74, 6) is -0.279. The van der Waals surface area contributed by atoms with Crippen LogP contribution >= 0.6 is 0 Å². The highest BCUT2D eigenvalue weighted by molar-refractivity contribution is 7.92. The molecule has 0 aromatic heterocycles. The van der Waals surface area contributed by atoms with Crippen LogP contribution in [-0.4, -0.2) is 74.4 Å². The van der Waals surface area contributed by atoms with Crippen LogP contribution in [0.4, 0.5) is 0 Å². The third kappa shape index (κ3) is 4.43. The molecular formula is C13H27N3O3S. The number of piperazine rings is 1. The molecule has 0 aromatic rings. The maximum Gasteiger partial charge on any atom is 0.240 e. The topological polar surface area (TPSA) is 83.7 Å². The smallest absolute Gasteiger partial charge is 0.240 e. The molecular weight excluding hydrogens is 278 g/mol. The molecule has 1 aliphatic rings. The first-order valence-electron chi connectivity index (χ1n) is 7.23. The van der Waals surface area contributed by atoms with E-state index in [1.54, 1.807) is 4.90 Å². The maximum atomic E-state index is 12.1. The van der Waals surface area contributed by atoms with Gasteiger partial charge in [-0.25, -0.2) is 8.42 Å². The standard InChI is InChI=1S/C13H27N3O3S/c1-4-12(5-6-14)15-7-9-16(10-8-15)13(17)11(2)20(3,18)19/h11-12H,4-10,14H2,1-3H3. The Morgan fingerprint density at radius 1 is 1.25 bits per heavy atom. The molecule has 1 fully saturated rings. The van der Waals surface area contributed by atoms with Gasteiger partial charge in [0, 0.05) is 38.5 Å². The molecule has 0 bridgehead atoms. The van der Waals surface area contributed by atoms with Crippen molar-refractivity contribution in [2.24, 2.45) is 5.73 Å². The first-order valence-corrected chi connectivity index (χ1v) is 9.18. The van der Waals surface area contributed by atoms with Crippen molar-refractivity contribution in [2.75, 3.05) is 39.0 Å². The second kappa shape index (κ2) is 7.38. The lowest BCUT2D eigenvalue weighted by atomic mass is 10.1. The Labute approximate surface area is 122 Å². The number of carbonyl (C=O) groups is 1. The van der Waals surface area contributed by atoms with Gasteiger partial charge in [0.15, 0.2) is 9.84 Å². The molecule has 7 heteroatoms. The molecule has 1 aliphatic heterocycles. The molecule has 0 aliphatic carbocycles. The van der Waals surface area contributed by atoms with Crippen LogP contribution in [0.2, 0.25) is 0 Å². The summed E-state index contributed by atoms with van der Waals surface area (Å²) < 4.78 is 22.9. The molecule has 2 N–H and O–H groups in total. The second-order valence-electron chi connectivity index (χ2n) is 5.47. The van der Waals surface area contributed by atoms with E-state index >= 15 is 0 Å². The monoisotopic (exact) mass is 305 g/mol. The van der Waals surface area contributed by atoms with Crippen molar-refractivity contribution in [2.45, 2.75) is 38.0 Å². The molecule has 1 rings (SSSR count). The third-order valence-corrected chi connectivity index (χ3v) is 5.59. The summed E-state index contributed by atoms with van der Waals surface area (Å²) in [6.07, 6.45) is 3.12. The van der Waals surface area contributed by atoms with Gasteiger partial charge < -0.3 is 10.6 Å².